The van der Waals surface area contributed by atoms with E-state index in [2.05, 4.69) is 34.1 Å². The number of ether oxygens (including phenoxy) is 1. The van der Waals surface area contributed by atoms with Crippen LogP contribution in [0.25, 0.3) is 21.8 Å². The molecular formula is C29H27N3O2. The van der Waals surface area contributed by atoms with Gasteiger partial charge in [-0.05, 0) is 42.1 Å². The van der Waals surface area contributed by atoms with Gasteiger partial charge in [0.2, 0.25) is 0 Å². The molecule has 1 aromatic heterocycles. The first kappa shape index (κ1) is 21.7. The van der Waals surface area contributed by atoms with Gasteiger partial charge in [0.15, 0.2) is 0 Å². The lowest BCUT2D eigenvalue weighted by atomic mass is 10.1. The van der Waals surface area contributed by atoms with Crippen molar-refractivity contribution in [1.29, 1.82) is 0 Å². The molecule has 0 atom stereocenters. The molecule has 0 radical (unpaired) electrons. The number of imidazole rings is 1. The average Bonchev–Trinajstić information content (AvgIpc) is 3.24. The number of amides is 1. The third kappa shape index (κ3) is 4.79. The highest BCUT2D eigenvalue weighted by atomic mass is 16.5. The molecule has 0 bridgehead atoms. The minimum atomic E-state index is -0.0439. The second-order valence-corrected chi connectivity index (χ2v) is 8.22. The first-order chi connectivity index (χ1) is 16.8. The Labute approximate surface area is 199 Å². The van der Waals surface area contributed by atoms with Crippen LogP contribution in [0.1, 0.15) is 22.6 Å². The summed E-state index contributed by atoms with van der Waals surface area (Å²) < 4.78 is 8.43. The minimum absolute atomic E-state index is 0.0439. The van der Waals surface area contributed by atoms with Gasteiger partial charge in [-0.1, -0.05) is 66.7 Å². The van der Waals surface area contributed by atoms with Gasteiger partial charge in [0.25, 0.3) is 5.91 Å². The van der Waals surface area contributed by atoms with Crippen molar-refractivity contribution in [2.45, 2.75) is 19.4 Å². The van der Waals surface area contributed by atoms with Crippen LogP contribution in [-0.2, 0) is 13.0 Å². The van der Waals surface area contributed by atoms with E-state index in [1.165, 1.54) is 5.39 Å². The summed E-state index contributed by atoms with van der Waals surface area (Å²) in [7, 11) is 0. The maximum absolute atomic E-state index is 12.3. The Balaban J connectivity index is 1.24. The van der Waals surface area contributed by atoms with Crippen LogP contribution in [0.5, 0.6) is 5.75 Å². The Hall–Kier alpha value is -4.12. The molecule has 170 valence electrons. The van der Waals surface area contributed by atoms with E-state index in [1.807, 2.05) is 72.8 Å². The van der Waals surface area contributed by atoms with Crippen molar-refractivity contribution in [3.05, 3.63) is 108 Å². The van der Waals surface area contributed by atoms with E-state index in [1.54, 1.807) is 0 Å². The van der Waals surface area contributed by atoms with Crippen molar-refractivity contribution in [2.75, 3.05) is 13.2 Å². The molecule has 4 aromatic carbocycles. The van der Waals surface area contributed by atoms with Crippen molar-refractivity contribution in [3.63, 3.8) is 0 Å². The summed E-state index contributed by atoms with van der Waals surface area (Å²) >= 11 is 0. The zero-order valence-electron chi connectivity index (χ0n) is 19.0. The van der Waals surface area contributed by atoms with Gasteiger partial charge in [0.1, 0.15) is 18.2 Å². The number of aromatic nitrogens is 2. The molecule has 0 fully saturated rings. The Morgan fingerprint density at radius 3 is 2.53 bits per heavy atom. The SMILES string of the molecule is O=C(NCCCc1nc2ccccc2n1CCOc1cccc2ccccc12)c1ccccc1. The van der Waals surface area contributed by atoms with Crippen LogP contribution in [0.3, 0.4) is 0 Å². The molecule has 5 rings (SSSR count). The third-order valence-electron chi connectivity index (χ3n) is 5.95. The number of hydrogen-bond donors (Lipinski definition) is 1. The first-order valence-corrected chi connectivity index (χ1v) is 11.7. The van der Waals surface area contributed by atoms with Gasteiger partial charge in [-0.25, -0.2) is 4.98 Å². The molecule has 0 aliphatic carbocycles. The van der Waals surface area contributed by atoms with Crippen LogP contribution < -0.4 is 10.1 Å². The highest BCUT2D eigenvalue weighted by Crippen LogP contribution is 2.25. The van der Waals surface area contributed by atoms with Gasteiger partial charge in [-0.3, -0.25) is 4.79 Å². The molecule has 0 spiro atoms. The van der Waals surface area contributed by atoms with Gasteiger partial charge < -0.3 is 14.6 Å². The van der Waals surface area contributed by atoms with E-state index in [9.17, 15) is 4.79 Å². The maximum Gasteiger partial charge on any atom is 0.251 e. The molecule has 0 saturated heterocycles. The smallest absolute Gasteiger partial charge is 0.251 e. The molecule has 0 unspecified atom stereocenters. The van der Waals surface area contributed by atoms with Crippen molar-refractivity contribution in [1.82, 2.24) is 14.9 Å². The predicted molar refractivity (Wildman–Crippen MR) is 136 cm³/mol. The molecule has 0 aliphatic heterocycles. The standard InChI is InChI=1S/C29H27N3O2/c33-29(23-11-2-1-3-12-23)30-19-9-18-28-31-25-15-6-7-16-26(25)32(28)20-21-34-27-17-8-13-22-10-4-5-14-24(22)27/h1-8,10-17H,9,18-21H2,(H,30,33). The van der Waals surface area contributed by atoms with Crippen molar-refractivity contribution in [2.24, 2.45) is 0 Å². The van der Waals surface area contributed by atoms with E-state index in [0.717, 1.165) is 40.8 Å². The van der Waals surface area contributed by atoms with E-state index in [4.69, 9.17) is 9.72 Å². The summed E-state index contributed by atoms with van der Waals surface area (Å²) in [6, 6.07) is 31.9. The third-order valence-corrected chi connectivity index (χ3v) is 5.95. The average molecular weight is 450 g/mol. The van der Waals surface area contributed by atoms with E-state index < -0.39 is 0 Å². The Bertz CT molecular complexity index is 1400. The van der Waals surface area contributed by atoms with Crippen LogP contribution in [0.2, 0.25) is 0 Å². The monoisotopic (exact) mass is 449 g/mol. The summed E-state index contributed by atoms with van der Waals surface area (Å²) in [5.74, 6) is 1.86. The van der Waals surface area contributed by atoms with Crippen LogP contribution in [-0.4, -0.2) is 28.6 Å². The second kappa shape index (κ2) is 10.2. The van der Waals surface area contributed by atoms with Gasteiger partial charge in [-0.2, -0.15) is 0 Å². The topological polar surface area (TPSA) is 56.2 Å². The van der Waals surface area contributed by atoms with Crippen molar-refractivity contribution in [3.8, 4) is 5.75 Å². The van der Waals surface area contributed by atoms with Crippen molar-refractivity contribution < 1.29 is 9.53 Å². The number of nitrogens with one attached hydrogen (secondary N) is 1. The quantitative estimate of drug-likeness (QED) is 0.297. The summed E-state index contributed by atoms with van der Waals surface area (Å²) in [4.78, 5) is 17.1. The van der Waals surface area contributed by atoms with E-state index in [0.29, 0.717) is 25.3 Å². The number of para-hydroxylation sites is 2. The van der Waals surface area contributed by atoms with Gasteiger partial charge in [0, 0.05) is 23.9 Å². The Kier molecular flexibility index (Phi) is 6.52. The number of carbonyl (C=O) groups excluding carboxylic acids is 1. The van der Waals surface area contributed by atoms with Crippen LogP contribution in [0.4, 0.5) is 0 Å². The molecule has 5 heteroatoms. The Morgan fingerprint density at radius 1 is 0.853 bits per heavy atom. The molecule has 1 amide bonds. The zero-order chi connectivity index (χ0) is 23.2. The molecule has 5 aromatic rings. The summed E-state index contributed by atoms with van der Waals surface area (Å²) in [6.07, 6.45) is 1.59. The first-order valence-electron chi connectivity index (χ1n) is 11.7. The molecule has 1 N–H and O–H groups in total. The zero-order valence-corrected chi connectivity index (χ0v) is 19.0. The van der Waals surface area contributed by atoms with Crippen LogP contribution >= 0.6 is 0 Å². The lowest BCUT2D eigenvalue weighted by Crippen LogP contribution is -2.25. The normalized spacial score (nSPS) is 11.1. The number of fused-ring (bicyclic) bond motifs is 2. The number of benzene rings is 4. The largest absolute Gasteiger partial charge is 0.491 e. The van der Waals surface area contributed by atoms with Crippen LogP contribution in [0.15, 0.2) is 97.1 Å². The van der Waals surface area contributed by atoms with Gasteiger partial charge in [0.05, 0.1) is 17.6 Å². The summed E-state index contributed by atoms with van der Waals surface area (Å²) in [6.45, 7) is 1.85. The lowest BCUT2D eigenvalue weighted by molar-refractivity contribution is 0.0953. The number of hydrogen-bond acceptors (Lipinski definition) is 3. The van der Waals surface area contributed by atoms with Gasteiger partial charge in [-0.15, -0.1) is 0 Å². The molecule has 34 heavy (non-hydrogen) atoms. The predicted octanol–water partition coefficient (Wildman–Crippen LogP) is 5.63. The number of nitrogens with zero attached hydrogens (tertiary/aromatic N) is 2. The minimum Gasteiger partial charge on any atom is -0.491 e. The second-order valence-electron chi connectivity index (χ2n) is 8.22. The fourth-order valence-electron chi connectivity index (χ4n) is 4.27. The summed E-state index contributed by atoms with van der Waals surface area (Å²) in [5.41, 5.74) is 2.77. The van der Waals surface area contributed by atoms with E-state index in [-0.39, 0.29) is 5.91 Å². The van der Waals surface area contributed by atoms with Gasteiger partial charge >= 0.3 is 0 Å². The summed E-state index contributed by atoms with van der Waals surface area (Å²) in [5, 5.41) is 5.30. The van der Waals surface area contributed by atoms with Crippen LogP contribution in [0, 0.1) is 0 Å². The molecule has 0 saturated carbocycles. The maximum atomic E-state index is 12.3. The Morgan fingerprint density at radius 2 is 1.62 bits per heavy atom. The van der Waals surface area contributed by atoms with E-state index >= 15 is 0 Å². The lowest BCUT2D eigenvalue weighted by Gasteiger charge is -2.12. The fraction of sp³-hybridized carbons (Fsp3) is 0.172. The fourth-order valence-corrected chi connectivity index (χ4v) is 4.27. The number of aryl methyl sites for hydroxylation is 1. The highest BCUT2D eigenvalue weighted by molar-refractivity contribution is 5.94. The molecule has 1 heterocycles. The molecule has 0 aliphatic rings. The number of carbonyl (C=O) groups is 1. The molecule has 5 nitrogen and oxygen atoms in total. The molecular weight excluding hydrogens is 422 g/mol. The van der Waals surface area contributed by atoms with Crippen molar-refractivity contribution >= 4 is 27.7 Å². The highest BCUT2D eigenvalue weighted by Gasteiger charge is 2.11. The number of rotatable bonds is 9.